The molecule has 2 heterocycles. The van der Waals surface area contributed by atoms with E-state index in [-0.39, 0.29) is 12.3 Å². The third-order valence-electron chi connectivity index (χ3n) is 3.56. The van der Waals surface area contributed by atoms with Crippen LogP contribution in [-0.4, -0.2) is 41.3 Å². The van der Waals surface area contributed by atoms with Crippen LogP contribution in [0.3, 0.4) is 0 Å². The molecule has 142 valence electrons. The monoisotopic (exact) mass is 390 g/mol. The number of benzene rings is 1. The third-order valence-corrected chi connectivity index (χ3v) is 4.92. The molecular formula is C17H19FN6O2S. The number of nitrogens with zero attached hydrogens (tertiary/aromatic N) is 4. The fraction of sp³-hybridized carbons (Fsp3) is 0.235. The summed E-state index contributed by atoms with van der Waals surface area (Å²) in [6, 6.07) is 9.04. The molecule has 0 aliphatic heterocycles. The Bertz CT molecular complexity index is 1010. The van der Waals surface area contributed by atoms with E-state index in [4.69, 9.17) is 0 Å². The van der Waals surface area contributed by atoms with Gasteiger partial charge in [0.05, 0.1) is 5.75 Å². The number of anilines is 1. The summed E-state index contributed by atoms with van der Waals surface area (Å²) >= 11 is 0. The van der Waals surface area contributed by atoms with E-state index < -0.39 is 15.8 Å². The minimum atomic E-state index is -3.56. The highest BCUT2D eigenvalue weighted by Crippen LogP contribution is 2.10. The van der Waals surface area contributed by atoms with Crippen LogP contribution in [0.25, 0.3) is 5.82 Å². The van der Waals surface area contributed by atoms with E-state index in [0.29, 0.717) is 29.6 Å². The second kappa shape index (κ2) is 8.23. The summed E-state index contributed by atoms with van der Waals surface area (Å²) in [5.41, 5.74) is 0.394. The van der Waals surface area contributed by atoms with Crippen LogP contribution in [0.2, 0.25) is 0 Å². The van der Waals surface area contributed by atoms with Crippen LogP contribution >= 0.6 is 0 Å². The van der Waals surface area contributed by atoms with Crippen LogP contribution < -0.4 is 10.0 Å². The molecule has 0 bridgehead atoms. The number of aromatic nitrogens is 4. The average molecular weight is 390 g/mol. The van der Waals surface area contributed by atoms with Crippen molar-refractivity contribution in [1.82, 2.24) is 24.5 Å². The van der Waals surface area contributed by atoms with Crippen molar-refractivity contribution in [2.45, 2.75) is 12.7 Å². The Kier molecular flexibility index (Phi) is 5.77. The average Bonchev–Trinajstić information content (AvgIpc) is 3.13. The summed E-state index contributed by atoms with van der Waals surface area (Å²) in [6.45, 7) is 2.26. The zero-order valence-corrected chi connectivity index (χ0v) is 15.4. The van der Waals surface area contributed by atoms with Gasteiger partial charge in [-0.05, 0) is 30.7 Å². The third kappa shape index (κ3) is 5.56. The molecule has 8 nitrogen and oxygen atoms in total. The Labute approximate surface area is 156 Å². The molecule has 0 atom stereocenters. The normalized spacial score (nSPS) is 11.5. The van der Waals surface area contributed by atoms with Crippen LogP contribution in [0, 0.1) is 12.7 Å². The summed E-state index contributed by atoms with van der Waals surface area (Å²) < 4.78 is 41.4. The van der Waals surface area contributed by atoms with Gasteiger partial charge in [0.15, 0.2) is 5.82 Å². The van der Waals surface area contributed by atoms with Crippen molar-refractivity contribution >= 4 is 15.8 Å². The Hall–Kier alpha value is -2.85. The predicted octanol–water partition coefficient (Wildman–Crippen LogP) is 1.64. The number of rotatable bonds is 8. The fourth-order valence-electron chi connectivity index (χ4n) is 2.46. The molecular weight excluding hydrogens is 371 g/mol. The molecule has 2 N–H and O–H groups in total. The molecule has 0 radical (unpaired) electrons. The largest absolute Gasteiger partial charge is 0.369 e. The molecule has 2 aromatic heterocycles. The molecule has 0 fully saturated rings. The number of sulfonamides is 1. The standard InChI is InChI=1S/C17H19FN6O2S/c1-13-22-16(11-17(23-13)24-9-3-6-20-24)19-7-8-21-27(25,26)12-14-4-2-5-15(18)10-14/h2-6,9-11,21H,7-8,12H2,1H3,(H,19,22,23). The molecule has 3 rings (SSSR count). The van der Waals surface area contributed by atoms with Gasteiger partial charge in [0.25, 0.3) is 0 Å². The molecule has 0 aliphatic rings. The maximum atomic E-state index is 13.2. The van der Waals surface area contributed by atoms with E-state index in [1.165, 1.54) is 18.2 Å². The molecule has 3 aromatic rings. The quantitative estimate of drug-likeness (QED) is 0.567. The first-order valence-corrected chi connectivity index (χ1v) is 9.88. The van der Waals surface area contributed by atoms with Gasteiger partial charge in [0.1, 0.15) is 17.5 Å². The highest BCUT2D eigenvalue weighted by Gasteiger charge is 2.11. The van der Waals surface area contributed by atoms with Gasteiger partial charge in [-0.3, -0.25) is 0 Å². The summed E-state index contributed by atoms with van der Waals surface area (Å²) in [7, 11) is -3.56. The van der Waals surface area contributed by atoms with E-state index in [2.05, 4.69) is 25.1 Å². The number of hydrogen-bond acceptors (Lipinski definition) is 6. The van der Waals surface area contributed by atoms with Crippen LogP contribution in [-0.2, 0) is 15.8 Å². The lowest BCUT2D eigenvalue weighted by molar-refractivity contribution is 0.581. The summed E-state index contributed by atoms with van der Waals surface area (Å²) in [4.78, 5) is 8.58. The predicted molar refractivity (Wildman–Crippen MR) is 99.4 cm³/mol. The first kappa shape index (κ1) is 18.9. The van der Waals surface area contributed by atoms with Gasteiger partial charge in [0.2, 0.25) is 10.0 Å². The molecule has 0 saturated carbocycles. The second-order valence-corrected chi connectivity index (χ2v) is 7.63. The van der Waals surface area contributed by atoms with E-state index in [1.807, 2.05) is 0 Å². The minimum Gasteiger partial charge on any atom is -0.369 e. The lowest BCUT2D eigenvalue weighted by Gasteiger charge is -2.10. The summed E-state index contributed by atoms with van der Waals surface area (Å²) in [6.07, 6.45) is 3.42. The first-order chi connectivity index (χ1) is 12.9. The Morgan fingerprint density at radius 2 is 2.00 bits per heavy atom. The van der Waals surface area contributed by atoms with Crippen molar-refractivity contribution < 1.29 is 12.8 Å². The van der Waals surface area contributed by atoms with E-state index in [9.17, 15) is 12.8 Å². The van der Waals surface area contributed by atoms with Gasteiger partial charge in [-0.2, -0.15) is 5.10 Å². The number of nitrogens with one attached hydrogen (secondary N) is 2. The van der Waals surface area contributed by atoms with Gasteiger partial charge in [-0.1, -0.05) is 12.1 Å². The fourth-order valence-corrected chi connectivity index (χ4v) is 3.59. The van der Waals surface area contributed by atoms with Crippen molar-refractivity contribution in [2.24, 2.45) is 0 Å². The highest BCUT2D eigenvalue weighted by molar-refractivity contribution is 7.88. The van der Waals surface area contributed by atoms with E-state index in [0.717, 1.165) is 0 Å². The highest BCUT2D eigenvalue weighted by atomic mass is 32.2. The molecule has 0 aliphatic carbocycles. The van der Waals surface area contributed by atoms with Crippen LogP contribution in [0.4, 0.5) is 10.2 Å². The lowest BCUT2D eigenvalue weighted by atomic mass is 10.2. The van der Waals surface area contributed by atoms with Gasteiger partial charge in [0, 0.05) is 31.5 Å². The molecule has 10 heteroatoms. The van der Waals surface area contributed by atoms with Crippen molar-refractivity contribution in [3.63, 3.8) is 0 Å². The van der Waals surface area contributed by atoms with Crippen molar-refractivity contribution in [2.75, 3.05) is 18.4 Å². The van der Waals surface area contributed by atoms with Crippen LogP contribution in [0.5, 0.6) is 0 Å². The van der Waals surface area contributed by atoms with Gasteiger partial charge >= 0.3 is 0 Å². The Morgan fingerprint density at radius 1 is 1.15 bits per heavy atom. The van der Waals surface area contributed by atoms with Crippen LogP contribution in [0.15, 0.2) is 48.8 Å². The zero-order chi connectivity index (χ0) is 19.3. The molecule has 0 spiro atoms. The van der Waals surface area contributed by atoms with Gasteiger partial charge in [-0.15, -0.1) is 0 Å². The van der Waals surface area contributed by atoms with E-state index >= 15 is 0 Å². The number of halogens is 1. The summed E-state index contributed by atoms with van der Waals surface area (Å²) in [5.74, 6) is 1.01. The van der Waals surface area contributed by atoms with Crippen molar-refractivity contribution in [3.05, 3.63) is 66.0 Å². The number of aryl methyl sites for hydroxylation is 1. The molecule has 0 unspecified atom stereocenters. The zero-order valence-electron chi connectivity index (χ0n) is 14.6. The lowest BCUT2D eigenvalue weighted by Crippen LogP contribution is -2.30. The minimum absolute atomic E-state index is 0.164. The van der Waals surface area contributed by atoms with Gasteiger partial charge in [-0.25, -0.2) is 32.2 Å². The SMILES string of the molecule is Cc1nc(NCCNS(=O)(=O)Cc2cccc(F)c2)cc(-n2cccn2)n1. The molecule has 27 heavy (non-hydrogen) atoms. The van der Waals surface area contributed by atoms with Crippen LogP contribution in [0.1, 0.15) is 11.4 Å². The van der Waals surface area contributed by atoms with Gasteiger partial charge < -0.3 is 5.32 Å². The smallest absolute Gasteiger partial charge is 0.215 e. The number of hydrogen-bond donors (Lipinski definition) is 2. The van der Waals surface area contributed by atoms with Crippen molar-refractivity contribution in [1.29, 1.82) is 0 Å². The second-order valence-electron chi connectivity index (χ2n) is 5.82. The van der Waals surface area contributed by atoms with Crippen molar-refractivity contribution in [3.8, 4) is 5.82 Å². The summed E-state index contributed by atoms with van der Waals surface area (Å²) in [5, 5.41) is 7.18. The maximum Gasteiger partial charge on any atom is 0.215 e. The molecule has 0 saturated heterocycles. The topological polar surface area (TPSA) is 102 Å². The Morgan fingerprint density at radius 3 is 2.74 bits per heavy atom. The maximum absolute atomic E-state index is 13.2. The molecule has 0 amide bonds. The molecule has 1 aromatic carbocycles. The van der Waals surface area contributed by atoms with E-state index in [1.54, 1.807) is 42.2 Å². The Balaban J connectivity index is 1.54. The first-order valence-electron chi connectivity index (χ1n) is 8.23.